The standard InChI is InChI=1S/C14H9N3O3/c18-13(19)10-7-9-3-1-4-15-12(9)11(8-10)20-14-16-5-2-6-17-14/h1-8H,(H,18,19). The predicted octanol–water partition coefficient (Wildman–Crippen LogP) is 2.52. The molecule has 6 nitrogen and oxygen atoms in total. The molecule has 1 N–H and O–H groups in total. The molecule has 0 unspecified atom stereocenters. The number of benzene rings is 1. The summed E-state index contributed by atoms with van der Waals surface area (Å²) in [5.41, 5.74) is 0.682. The summed E-state index contributed by atoms with van der Waals surface area (Å²) in [6.45, 7) is 0. The summed E-state index contributed by atoms with van der Waals surface area (Å²) in [4.78, 5) is 23.2. The maximum absolute atomic E-state index is 11.1. The molecule has 98 valence electrons. The van der Waals surface area contributed by atoms with E-state index in [0.717, 1.165) is 0 Å². The van der Waals surface area contributed by atoms with E-state index in [9.17, 15) is 4.79 Å². The Hall–Kier alpha value is -3.02. The molecule has 0 amide bonds. The van der Waals surface area contributed by atoms with E-state index >= 15 is 0 Å². The predicted molar refractivity (Wildman–Crippen MR) is 70.8 cm³/mol. The van der Waals surface area contributed by atoms with Crippen LogP contribution in [0, 0.1) is 0 Å². The highest BCUT2D eigenvalue weighted by Gasteiger charge is 2.12. The lowest BCUT2D eigenvalue weighted by Gasteiger charge is -2.07. The molecule has 0 aliphatic rings. The minimum absolute atomic E-state index is 0.122. The maximum Gasteiger partial charge on any atom is 0.335 e. The maximum atomic E-state index is 11.1. The second-order valence-corrected chi connectivity index (χ2v) is 3.99. The average Bonchev–Trinajstić information content (AvgIpc) is 2.48. The SMILES string of the molecule is O=C(O)c1cc(Oc2ncccn2)c2ncccc2c1. The van der Waals surface area contributed by atoms with Gasteiger partial charge in [0.15, 0.2) is 5.75 Å². The number of pyridine rings is 1. The molecule has 0 radical (unpaired) electrons. The molecule has 0 fully saturated rings. The monoisotopic (exact) mass is 267 g/mol. The number of aromatic nitrogens is 3. The van der Waals surface area contributed by atoms with Crippen LogP contribution >= 0.6 is 0 Å². The number of fused-ring (bicyclic) bond motifs is 1. The van der Waals surface area contributed by atoms with E-state index in [-0.39, 0.29) is 11.6 Å². The van der Waals surface area contributed by atoms with Gasteiger partial charge in [0.2, 0.25) is 0 Å². The van der Waals surface area contributed by atoms with Crippen LogP contribution in [0.1, 0.15) is 10.4 Å². The van der Waals surface area contributed by atoms with Gasteiger partial charge in [-0.1, -0.05) is 6.07 Å². The van der Waals surface area contributed by atoms with Gasteiger partial charge < -0.3 is 9.84 Å². The van der Waals surface area contributed by atoms with Crippen LogP contribution in [0.2, 0.25) is 0 Å². The lowest BCUT2D eigenvalue weighted by molar-refractivity contribution is 0.0696. The van der Waals surface area contributed by atoms with Crippen molar-refractivity contribution in [3.05, 3.63) is 54.5 Å². The number of hydrogen-bond acceptors (Lipinski definition) is 5. The zero-order valence-corrected chi connectivity index (χ0v) is 10.2. The van der Waals surface area contributed by atoms with Gasteiger partial charge in [0.25, 0.3) is 0 Å². The first-order chi connectivity index (χ1) is 9.74. The van der Waals surface area contributed by atoms with Crippen molar-refractivity contribution in [3.8, 4) is 11.8 Å². The third kappa shape index (κ3) is 2.26. The average molecular weight is 267 g/mol. The molecule has 0 aliphatic heterocycles. The van der Waals surface area contributed by atoms with E-state index in [1.54, 1.807) is 42.9 Å². The number of aromatic carboxylic acids is 1. The third-order valence-electron chi connectivity index (χ3n) is 2.66. The van der Waals surface area contributed by atoms with Gasteiger partial charge >= 0.3 is 12.0 Å². The fraction of sp³-hybridized carbons (Fsp3) is 0. The highest BCUT2D eigenvalue weighted by molar-refractivity contribution is 5.96. The fourth-order valence-corrected chi connectivity index (χ4v) is 1.80. The van der Waals surface area contributed by atoms with E-state index in [2.05, 4.69) is 15.0 Å². The minimum Gasteiger partial charge on any atom is -0.478 e. The number of nitrogens with zero attached hydrogens (tertiary/aromatic N) is 3. The summed E-state index contributed by atoms with van der Waals surface area (Å²) in [5, 5.41) is 9.81. The van der Waals surface area contributed by atoms with E-state index in [1.165, 1.54) is 6.07 Å². The number of ether oxygens (including phenoxy) is 1. The van der Waals surface area contributed by atoms with Crippen LogP contribution < -0.4 is 4.74 Å². The molecule has 0 spiro atoms. The Kier molecular flexibility index (Phi) is 2.96. The van der Waals surface area contributed by atoms with Gasteiger partial charge in [0.05, 0.1) is 5.56 Å². The van der Waals surface area contributed by atoms with E-state index in [4.69, 9.17) is 9.84 Å². The second-order valence-electron chi connectivity index (χ2n) is 3.99. The highest BCUT2D eigenvalue weighted by atomic mass is 16.5. The summed E-state index contributed by atoms with van der Waals surface area (Å²) in [7, 11) is 0. The normalized spacial score (nSPS) is 10.4. The molecule has 1 aromatic carbocycles. The van der Waals surface area contributed by atoms with Crippen molar-refractivity contribution in [2.45, 2.75) is 0 Å². The van der Waals surface area contributed by atoms with Crippen molar-refractivity contribution in [2.24, 2.45) is 0 Å². The molecule has 0 bridgehead atoms. The molecule has 3 rings (SSSR count). The second kappa shape index (κ2) is 4.93. The summed E-state index contributed by atoms with van der Waals surface area (Å²) in [6.07, 6.45) is 4.69. The van der Waals surface area contributed by atoms with Crippen LogP contribution in [0.25, 0.3) is 10.9 Å². The summed E-state index contributed by atoms with van der Waals surface area (Å²) >= 11 is 0. The van der Waals surface area contributed by atoms with Crippen LogP contribution in [0.3, 0.4) is 0 Å². The van der Waals surface area contributed by atoms with Gasteiger partial charge in [-0.2, -0.15) is 0 Å². The number of carbonyl (C=O) groups is 1. The number of carboxylic acid groups (broad SMARTS) is 1. The Balaban J connectivity index is 2.15. The zero-order valence-electron chi connectivity index (χ0n) is 10.2. The highest BCUT2D eigenvalue weighted by Crippen LogP contribution is 2.28. The van der Waals surface area contributed by atoms with Crippen LogP contribution in [0.5, 0.6) is 11.8 Å². The van der Waals surface area contributed by atoms with Gasteiger partial charge in [0, 0.05) is 24.0 Å². The van der Waals surface area contributed by atoms with E-state index in [1.807, 2.05) is 0 Å². The first kappa shape index (κ1) is 12.0. The van der Waals surface area contributed by atoms with Crippen LogP contribution in [0.4, 0.5) is 0 Å². The molecule has 0 aliphatic carbocycles. The summed E-state index contributed by atoms with van der Waals surface area (Å²) in [5.74, 6) is -0.721. The van der Waals surface area contributed by atoms with Crippen molar-refractivity contribution in [2.75, 3.05) is 0 Å². The van der Waals surface area contributed by atoms with Gasteiger partial charge in [0.1, 0.15) is 5.52 Å². The third-order valence-corrected chi connectivity index (χ3v) is 2.66. The van der Waals surface area contributed by atoms with Crippen molar-refractivity contribution in [1.82, 2.24) is 15.0 Å². The molecule has 0 saturated heterocycles. The lowest BCUT2D eigenvalue weighted by Crippen LogP contribution is -1.99. The van der Waals surface area contributed by atoms with Gasteiger partial charge in [-0.15, -0.1) is 0 Å². The Labute approximate surface area is 113 Å². The van der Waals surface area contributed by atoms with E-state index in [0.29, 0.717) is 16.7 Å². The van der Waals surface area contributed by atoms with Crippen molar-refractivity contribution >= 4 is 16.9 Å². The Morgan fingerprint density at radius 2 is 1.80 bits per heavy atom. The quantitative estimate of drug-likeness (QED) is 0.784. The van der Waals surface area contributed by atoms with E-state index < -0.39 is 5.97 Å². The molecule has 2 aromatic heterocycles. The van der Waals surface area contributed by atoms with Crippen molar-refractivity contribution in [3.63, 3.8) is 0 Å². The summed E-state index contributed by atoms with van der Waals surface area (Å²) < 4.78 is 5.53. The van der Waals surface area contributed by atoms with Gasteiger partial charge in [-0.3, -0.25) is 4.98 Å². The molecule has 3 aromatic rings. The van der Waals surface area contributed by atoms with Gasteiger partial charge in [-0.05, 0) is 24.3 Å². The van der Waals surface area contributed by atoms with Crippen molar-refractivity contribution in [1.29, 1.82) is 0 Å². The first-order valence-corrected chi connectivity index (χ1v) is 5.81. The molecular weight excluding hydrogens is 258 g/mol. The number of carboxylic acids is 1. The molecular formula is C14H9N3O3. The number of hydrogen-bond donors (Lipinski definition) is 1. The van der Waals surface area contributed by atoms with Crippen LogP contribution in [0.15, 0.2) is 48.9 Å². The van der Waals surface area contributed by atoms with Crippen LogP contribution in [-0.2, 0) is 0 Å². The molecule has 20 heavy (non-hydrogen) atoms. The summed E-state index contributed by atoms with van der Waals surface area (Å²) in [6, 6.07) is 8.26. The Morgan fingerprint density at radius 3 is 2.55 bits per heavy atom. The fourth-order valence-electron chi connectivity index (χ4n) is 1.80. The Morgan fingerprint density at radius 1 is 1.05 bits per heavy atom. The molecule has 0 saturated carbocycles. The Bertz CT molecular complexity index is 775. The minimum atomic E-state index is -1.03. The molecule has 0 atom stereocenters. The topological polar surface area (TPSA) is 85.2 Å². The number of rotatable bonds is 3. The first-order valence-electron chi connectivity index (χ1n) is 5.81. The van der Waals surface area contributed by atoms with Crippen molar-refractivity contribution < 1.29 is 14.6 Å². The largest absolute Gasteiger partial charge is 0.478 e. The van der Waals surface area contributed by atoms with Gasteiger partial charge in [-0.25, -0.2) is 14.8 Å². The lowest BCUT2D eigenvalue weighted by atomic mass is 10.1. The van der Waals surface area contributed by atoms with Crippen LogP contribution in [-0.4, -0.2) is 26.0 Å². The zero-order chi connectivity index (χ0) is 13.9. The molecule has 6 heteroatoms. The molecule has 2 heterocycles. The smallest absolute Gasteiger partial charge is 0.335 e.